The number of piperidine rings is 1. The molecule has 0 spiro atoms. The highest BCUT2D eigenvalue weighted by atomic mass is 32.1. The number of thiazole rings is 1. The van der Waals surface area contributed by atoms with Gasteiger partial charge in [0.05, 0.1) is 17.8 Å². The summed E-state index contributed by atoms with van der Waals surface area (Å²) in [5, 5.41) is 3.07. The molecule has 0 unspecified atom stereocenters. The van der Waals surface area contributed by atoms with E-state index in [0.29, 0.717) is 18.7 Å². The molecule has 0 aliphatic carbocycles. The van der Waals surface area contributed by atoms with Gasteiger partial charge in [0.15, 0.2) is 0 Å². The summed E-state index contributed by atoms with van der Waals surface area (Å²) < 4.78 is 18.9. The number of benzene rings is 2. The number of carbonyl (C=O) groups is 1. The predicted molar refractivity (Wildman–Crippen MR) is 108 cm³/mol. The van der Waals surface area contributed by atoms with Gasteiger partial charge >= 0.3 is 0 Å². The van der Waals surface area contributed by atoms with E-state index in [9.17, 15) is 9.18 Å². The van der Waals surface area contributed by atoms with Crippen LogP contribution in [0.5, 0.6) is 5.75 Å². The van der Waals surface area contributed by atoms with E-state index in [2.05, 4.69) is 0 Å². The highest BCUT2D eigenvalue weighted by Crippen LogP contribution is 2.35. The zero-order chi connectivity index (χ0) is 19.5. The highest BCUT2D eigenvalue weighted by Gasteiger charge is 2.27. The van der Waals surface area contributed by atoms with Crippen molar-refractivity contribution in [2.75, 3.05) is 20.2 Å². The molecule has 0 saturated carbocycles. The monoisotopic (exact) mass is 396 g/mol. The van der Waals surface area contributed by atoms with Gasteiger partial charge in [0.25, 0.3) is 5.91 Å². The lowest BCUT2D eigenvalue weighted by Gasteiger charge is -2.32. The second-order valence-electron chi connectivity index (χ2n) is 6.87. The van der Waals surface area contributed by atoms with Gasteiger partial charge in [0, 0.05) is 35.5 Å². The summed E-state index contributed by atoms with van der Waals surface area (Å²) in [6.45, 7) is 1.30. The van der Waals surface area contributed by atoms with Crippen LogP contribution in [-0.2, 0) is 0 Å². The number of halogens is 1. The lowest BCUT2D eigenvalue weighted by atomic mass is 9.98. The minimum absolute atomic E-state index is 0.120. The van der Waals surface area contributed by atoms with E-state index in [1.807, 2.05) is 34.5 Å². The van der Waals surface area contributed by atoms with Gasteiger partial charge in [-0.05, 0) is 43.2 Å². The maximum atomic E-state index is 13.5. The molecule has 144 valence electrons. The lowest BCUT2D eigenvalue weighted by molar-refractivity contribution is 0.0706. The van der Waals surface area contributed by atoms with Crippen molar-refractivity contribution in [3.63, 3.8) is 0 Å². The average Bonchev–Trinajstić information content (AvgIpc) is 3.23. The number of para-hydroxylation sites is 1. The minimum atomic E-state index is -0.388. The summed E-state index contributed by atoms with van der Waals surface area (Å²) in [5.41, 5.74) is 2.26. The van der Waals surface area contributed by atoms with Crippen molar-refractivity contribution in [3.8, 4) is 17.0 Å². The van der Waals surface area contributed by atoms with E-state index in [-0.39, 0.29) is 17.6 Å². The quantitative estimate of drug-likeness (QED) is 0.625. The smallest absolute Gasteiger partial charge is 0.253 e. The molecule has 0 radical (unpaired) electrons. The van der Waals surface area contributed by atoms with E-state index in [4.69, 9.17) is 9.72 Å². The van der Waals surface area contributed by atoms with Gasteiger partial charge < -0.3 is 9.64 Å². The zero-order valence-corrected chi connectivity index (χ0v) is 16.4. The normalized spacial score (nSPS) is 16.8. The van der Waals surface area contributed by atoms with Crippen LogP contribution in [0.1, 0.15) is 34.1 Å². The Balaban J connectivity index is 1.52. The second-order valence-corrected chi connectivity index (χ2v) is 7.76. The molecule has 1 aromatic heterocycles. The van der Waals surface area contributed by atoms with Crippen LogP contribution in [0.4, 0.5) is 4.39 Å². The summed E-state index contributed by atoms with van der Waals surface area (Å²) in [6.07, 6.45) is 1.90. The summed E-state index contributed by atoms with van der Waals surface area (Å²) in [7, 11) is 1.66. The van der Waals surface area contributed by atoms with Crippen molar-refractivity contribution in [2.24, 2.45) is 0 Å². The first-order valence-electron chi connectivity index (χ1n) is 9.29. The third kappa shape index (κ3) is 3.78. The first kappa shape index (κ1) is 18.6. The Morgan fingerprint density at radius 1 is 1.25 bits per heavy atom. The molecule has 3 aromatic rings. The van der Waals surface area contributed by atoms with Crippen LogP contribution in [0.2, 0.25) is 0 Å². The number of hydrogen-bond acceptors (Lipinski definition) is 4. The molecular formula is C22H21FN2O2S. The number of amides is 1. The van der Waals surface area contributed by atoms with Gasteiger partial charge in [-0.25, -0.2) is 9.37 Å². The minimum Gasteiger partial charge on any atom is -0.496 e. The van der Waals surface area contributed by atoms with E-state index < -0.39 is 0 Å². The van der Waals surface area contributed by atoms with Crippen molar-refractivity contribution in [1.82, 2.24) is 9.88 Å². The van der Waals surface area contributed by atoms with E-state index >= 15 is 0 Å². The Morgan fingerprint density at radius 3 is 2.93 bits per heavy atom. The highest BCUT2D eigenvalue weighted by molar-refractivity contribution is 7.10. The second kappa shape index (κ2) is 8.10. The molecule has 28 heavy (non-hydrogen) atoms. The maximum absolute atomic E-state index is 13.5. The number of nitrogens with zero attached hydrogens (tertiary/aromatic N) is 2. The molecule has 0 N–H and O–H groups in total. The van der Waals surface area contributed by atoms with Gasteiger partial charge in [-0.1, -0.05) is 18.2 Å². The molecule has 4 nitrogen and oxygen atoms in total. The third-order valence-corrected chi connectivity index (χ3v) is 6.04. The molecule has 4 rings (SSSR count). The Hall–Kier alpha value is -2.73. The van der Waals surface area contributed by atoms with Gasteiger partial charge in [-0.3, -0.25) is 4.79 Å². The van der Waals surface area contributed by atoms with Gasteiger partial charge in [-0.2, -0.15) is 0 Å². The van der Waals surface area contributed by atoms with Gasteiger partial charge in [0.2, 0.25) is 0 Å². The fraction of sp³-hybridized carbons (Fsp3) is 0.273. The number of likely N-dealkylation sites (tertiary alicyclic amines) is 1. The number of rotatable bonds is 4. The van der Waals surface area contributed by atoms with Crippen LogP contribution in [0.3, 0.4) is 0 Å². The third-order valence-electron chi connectivity index (χ3n) is 5.03. The van der Waals surface area contributed by atoms with E-state index in [0.717, 1.165) is 34.9 Å². The molecule has 2 heterocycles. The van der Waals surface area contributed by atoms with E-state index in [1.54, 1.807) is 30.6 Å². The van der Waals surface area contributed by atoms with Crippen molar-refractivity contribution >= 4 is 17.2 Å². The molecule has 0 bridgehead atoms. The Labute approximate surface area is 167 Å². The van der Waals surface area contributed by atoms with Crippen LogP contribution < -0.4 is 4.74 Å². The number of carbonyl (C=O) groups excluding carboxylic acids is 1. The Kier molecular flexibility index (Phi) is 5.39. The number of ether oxygens (including phenoxy) is 1. The van der Waals surface area contributed by atoms with Crippen LogP contribution in [0, 0.1) is 5.82 Å². The lowest BCUT2D eigenvalue weighted by Crippen LogP contribution is -2.39. The van der Waals surface area contributed by atoms with E-state index in [1.165, 1.54) is 12.1 Å². The fourth-order valence-electron chi connectivity index (χ4n) is 3.62. The van der Waals surface area contributed by atoms with Gasteiger partial charge in [-0.15, -0.1) is 11.3 Å². The van der Waals surface area contributed by atoms with Crippen LogP contribution in [-0.4, -0.2) is 36.0 Å². The maximum Gasteiger partial charge on any atom is 0.253 e. The first-order chi connectivity index (χ1) is 13.7. The SMILES string of the molecule is COc1ccccc1-c1csc([C@@H]2CCCN(C(=O)c3cccc(F)c3)C2)n1. The molecule has 1 aliphatic heterocycles. The van der Waals surface area contributed by atoms with Crippen molar-refractivity contribution in [2.45, 2.75) is 18.8 Å². The zero-order valence-electron chi connectivity index (χ0n) is 15.6. The topological polar surface area (TPSA) is 42.4 Å². The number of methoxy groups -OCH3 is 1. The fourth-order valence-corrected chi connectivity index (χ4v) is 4.57. The van der Waals surface area contributed by atoms with Crippen LogP contribution in [0.15, 0.2) is 53.9 Å². The predicted octanol–water partition coefficient (Wildman–Crippen LogP) is 4.98. The number of hydrogen-bond donors (Lipinski definition) is 0. The summed E-state index contributed by atoms with van der Waals surface area (Å²) >= 11 is 1.62. The largest absolute Gasteiger partial charge is 0.496 e. The average molecular weight is 396 g/mol. The van der Waals surface area contributed by atoms with Crippen molar-refractivity contribution < 1.29 is 13.9 Å². The Morgan fingerprint density at radius 2 is 2.11 bits per heavy atom. The van der Waals surface area contributed by atoms with Crippen molar-refractivity contribution in [3.05, 3.63) is 70.3 Å². The Bertz CT molecular complexity index is 988. The summed E-state index contributed by atoms with van der Waals surface area (Å²) in [6, 6.07) is 13.7. The van der Waals surface area contributed by atoms with Gasteiger partial charge in [0.1, 0.15) is 11.6 Å². The molecule has 1 atom stereocenters. The van der Waals surface area contributed by atoms with Crippen LogP contribution in [0.25, 0.3) is 11.3 Å². The molecular weight excluding hydrogens is 375 g/mol. The standard InChI is InChI=1S/C22H21FN2O2S/c1-27-20-10-3-2-9-18(20)19-14-28-21(24-19)16-7-5-11-25(13-16)22(26)15-6-4-8-17(23)12-15/h2-4,6,8-10,12,14,16H,5,7,11,13H2,1H3/t16-/m1/s1. The molecule has 1 saturated heterocycles. The van der Waals surface area contributed by atoms with Crippen LogP contribution >= 0.6 is 11.3 Å². The first-order valence-corrected chi connectivity index (χ1v) is 10.2. The molecule has 2 aromatic carbocycles. The molecule has 1 amide bonds. The molecule has 6 heteroatoms. The number of aromatic nitrogens is 1. The molecule has 1 fully saturated rings. The molecule has 1 aliphatic rings. The van der Waals surface area contributed by atoms with Crippen molar-refractivity contribution in [1.29, 1.82) is 0 Å². The summed E-state index contributed by atoms with van der Waals surface area (Å²) in [4.78, 5) is 19.4. The summed E-state index contributed by atoms with van der Waals surface area (Å²) in [5.74, 6) is 0.483.